The highest BCUT2D eigenvalue weighted by molar-refractivity contribution is 7.89. The summed E-state index contributed by atoms with van der Waals surface area (Å²) in [6.45, 7) is 1.57. The molecule has 0 bridgehead atoms. The van der Waals surface area contributed by atoms with Crippen LogP contribution < -0.4 is 5.14 Å². The van der Waals surface area contributed by atoms with E-state index in [2.05, 4.69) is 0 Å². The molecule has 0 unspecified atom stereocenters. The lowest BCUT2D eigenvalue weighted by atomic mass is 9.96. The fraction of sp³-hybridized carbons (Fsp3) is 0.118. The summed E-state index contributed by atoms with van der Waals surface area (Å²) in [6.07, 6.45) is 0. The first-order valence-electron chi connectivity index (χ1n) is 7.28. The van der Waals surface area contributed by atoms with Gasteiger partial charge in [-0.1, -0.05) is 23.7 Å². The third-order valence-electron chi connectivity index (χ3n) is 3.95. The fourth-order valence-electron chi connectivity index (χ4n) is 2.68. The monoisotopic (exact) mass is 399 g/mol. The highest BCUT2D eigenvalue weighted by Gasteiger charge is 2.30. The highest BCUT2D eigenvalue weighted by Crippen LogP contribution is 2.35. The third-order valence-corrected chi connectivity index (χ3v) is 5.31. The minimum Gasteiger partial charge on any atom is -0.457 e. The Morgan fingerprint density at radius 2 is 1.73 bits per heavy atom. The molecule has 26 heavy (non-hydrogen) atoms. The Bertz CT molecular complexity index is 1060. The van der Waals surface area contributed by atoms with E-state index in [9.17, 15) is 22.0 Å². The molecular weight excluding hydrogens is 388 g/mol. The summed E-state index contributed by atoms with van der Waals surface area (Å²) >= 11 is 6.08. The number of carbonyl (C=O) groups excluding carboxylic acids is 1. The van der Waals surface area contributed by atoms with E-state index in [1.54, 1.807) is 25.1 Å². The van der Waals surface area contributed by atoms with Gasteiger partial charge in [0.2, 0.25) is 10.0 Å². The first-order valence-corrected chi connectivity index (χ1v) is 9.21. The zero-order valence-electron chi connectivity index (χ0n) is 13.3. The van der Waals surface area contributed by atoms with Crippen molar-refractivity contribution < 1.29 is 26.7 Å². The van der Waals surface area contributed by atoms with Gasteiger partial charge in [-0.15, -0.1) is 0 Å². The van der Waals surface area contributed by atoms with Gasteiger partial charge in [0.1, 0.15) is 18.2 Å². The number of nitrogens with two attached hydrogens (primary N) is 1. The maximum absolute atomic E-state index is 14.1. The zero-order valence-corrected chi connectivity index (χ0v) is 14.9. The molecule has 0 spiro atoms. The number of esters is 1. The molecule has 1 heterocycles. The number of rotatable bonds is 3. The molecule has 2 aromatic rings. The number of sulfonamides is 1. The second-order valence-corrected chi connectivity index (χ2v) is 7.61. The molecule has 1 aliphatic heterocycles. The largest absolute Gasteiger partial charge is 0.457 e. The molecule has 0 saturated carbocycles. The summed E-state index contributed by atoms with van der Waals surface area (Å²) in [5.41, 5.74) is 1.51. The van der Waals surface area contributed by atoms with Gasteiger partial charge < -0.3 is 4.74 Å². The van der Waals surface area contributed by atoms with Crippen LogP contribution in [0.25, 0.3) is 11.1 Å². The Balaban J connectivity index is 2.22. The Morgan fingerprint density at radius 3 is 2.27 bits per heavy atom. The van der Waals surface area contributed by atoms with Crippen molar-refractivity contribution in [1.29, 1.82) is 0 Å². The number of ether oxygens (including phenoxy) is 1. The average Bonchev–Trinajstić information content (AvgIpc) is 2.89. The number of primary sulfonamides is 1. The molecule has 136 valence electrons. The fourth-order valence-corrected chi connectivity index (χ4v) is 3.52. The third kappa shape index (κ3) is 3.23. The van der Waals surface area contributed by atoms with Crippen LogP contribution in [0.4, 0.5) is 8.78 Å². The van der Waals surface area contributed by atoms with E-state index < -0.39 is 32.5 Å². The van der Waals surface area contributed by atoms with Crippen LogP contribution in [0, 0.1) is 18.6 Å². The molecule has 2 aromatic carbocycles. The van der Waals surface area contributed by atoms with Crippen LogP contribution in [0.2, 0.25) is 5.02 Å². The molecule has 5 nitrogen and oxygen atoms in total. The van der Waals surface area contributed by atoms with E-state index in [1.807, 2.05) is 0 Å². The SMILES string of the molecule is Cc1ccc(C2=C(c3cc(F)c(S(N)(=O)=O)c(F)c3)COC2=O)cc1Cl. The van der Waals surface area contributed by atoms with Crippen molar-refractivity contribution in [3.8, 4) is 0 Å². The molecule has 0 saturated heterocycles. The van der Waals surface area contributed by atoms with Crippen molar-refractivity contribution in [3.63, 3.8) is 0 Å². The lowest BCUT2D eigenvalue weighted by Gasteiger charge is -2.09. The molecule has 0 aromatic heterocycles. The summed E-state index contributed by atoms with van der Waals surface area (Å²) in [7, 11) is -4.57. The van der Waals surface area contributed by atoms with Crippen molar-refractivity contribution in [2.75, 3.05) is 6.61 Å². The van der Waals surface area contributed by atoms with Crippen LogP contribution in [-0.4, -0.2) is 21.0 Å². The summed E-state index contributed by atoms with van der Waals surface area (Å²) in [6, 6.07) is 6.48. The molecule has 0 amide bonds. The minimum atomic E-state index is -4.57. The number of carbonyl (C=O) groups is 1. The maximum Gasteiger partial charge on any atom is 0.339 e. The Labute approximate surface area is 153 Å². The molecule has 9 heteroatoms. The highest BCUT2D eigenvalue weighted by atomic mass is 35.5. The van der Waals surface area contributed by atoms with Crippen LogP contribution in [0.3, 0.4) is 0 Å². The first-order chi connectivity index (χ1) is 12.1. The minimum absolute atomic E-state index is 0.0232. The van der Waals surface area contributed by atoms with E-state index in [4.69, 9.17) is 21.5 Å². The van der Waals surface area contributed by atoms with E-state index in [1.165, 1.54) is 0 Å². The van der Waals surface area contributed by atoms with Gasteiger partial charge in [-0.25, -0.2) is 27.1 Å². The quantitative estimate of drug-likeness (QED) is 0.804. The normalized spacial score (nSPS) is 14.7. The van der Waals surface area contributed by atoms with Crippen LogP contribution in [0.5, 0.6) is 0 Å². The van der Waals surface area contributed by atoms with Gasteiger partial charge in [-0.2, -0.15) is 0 Å². The van der Waals surface area contributed by atoms with E-state index >= 15 is 0 Å². The topological polar surface area (TPSA) is 86.5 Å². The number of benzene rings is 2. The van der Waals surface area contributed by atoms with Crippen molar-refractivity contribution in [1.82, 2.24) is 0 Å². The van der Waals surface area contributed by atoms with Gasteiger partial charge >= 0.3 is 5.97 Å². The van der Waals surface area contributed by atoms with E-state index in [0.29, 0.717) is 10.6 Å². The van der Waals surface area contributed by atoms with Crippen molar-refractivity contribution in [3.05, 3.63) is 63.7 Å². The number of hydrogen-bond donors (Lipinski definition) is 1. The summed E-state index contributed by atoms with van der Waals surface area (Å²) in [5, 5.41) is 5.23. The Morgan fingerprint density at radius 1 is 1.12 bits per heavy atom. The zero-order chi connectivity index (χ0) is 19.2. The molecular formula is C17H12ClF2NO4S. The van der Waals surface area contributed by atoms with Gasteiger partial charge in [-0.05, 0) is 41.8 Å². The van der Waals surface area contributed by atoms with Gasteiger partial charge in [0.05, 0.1) is 5.57 Å². The van der Waals surface area contributed by atoms with Crippen LogP contribution >= 0.6 is 11.6 Å². The van der Waals surface area contributed by atoms with Crippen LogP contribution in [0.15, 0.2) is 35.2 Å². The predicted octanol–water partition coefficient (Wildman–Crippen LogP) is 3.04. The van der Waals surface area contributed by atoms with Crippen molar-refractivity contribution in [2.24, 2.45) is 5.14 Å². The van der Waals surface area contributed by atoms with Crippen molar-refractivity contribution >= 4 is 38.7 Å². The number of cyclic esters (lactones) is 1. The summed E-state index contributed by atoms with van der Waals surface area (Å²) in [4.78, 5) is 10.9. The van der Waals surface area contributed by atoms with Gasteiger partial charge in [0.15, 0.2) is 4.90 Å². The predicted molar refractivity (Wildman–Crippen MR) is 91.7 cm³/mol. The molecule has 0 atom stereocenters. The maximum atomic E-state index is 14.1. The first kappa shape index (κ1) is 18.5. The summed E-state index contributed by atoms with van der Waals surface area (Å²) in [5.74, 6) is -3.37. The van der Waals surface area contributed by atoms with Crippen molar-refractivity contribution in [2.45, 2.75) is 11.8 Å². The van der Waals surface area contributed by atoms with Gasteiger partial charge in [0.25, 0.3) is 0 Å². The molecule has 0 fully saturated rings. The van der Waals surface area contributed by atoms with Gasteiger partial charge in [0, 0.05) is 10.6 Å². The smallest absolute Gasteiger partial charge is 0.339 e. The molecule has 0 radical (unpaired) electrons. The second-order valence-electron chi connectivity index (χ2n) is 5.71. The lowest BCUT2D eigenvalue weighted by Crippen LogP contribution is -2.16. The number of aryl methyl sites for hydroxylation is 1. The Hall–Kier alpha value is -2.29. The van der Waals surface area contributed by atoms with Crippen LogP contribution in [0.1, 0.15) is 16.7 Å². The summed E-state index contributed by atoms with van der Waals surface area (Å²) < 4.78 is 55.9. The second kappa shape index (κ2) is 6.46. The van der Waals surface area contributed by atoms with Gasteiger partial charge in [-0.3, -0.25) is 0 Å². The molecule has 2 N–H and O–H groups in total. The standard InChI is InChI=1S/C17H12ClF2NO4S/c1-8-2-3-9(4-12(8)18)15-11(7-25-17(15)22)10-5-13(19)16(14(20)6-10)26(21,23)24/h2-6H,7H2,1H3,(H2,21,23,24). The molecule has 3 rings (SSSR count). The van der Waals surface area contributed by atoms with E-state index in [-0.39, 0.29) is 23.3 Å². The number of halogens is 3. The Kier molecular flexibility index (Phi) is 4.60. The van der Waals surface area contributed by atoms with Crippen LogP contribution in [-0.2, 0) is 19.6 Å². The molecule has 1 aliphatic rings. The average molecular weight is 400 g/mol. The number of hydrogen-bond acceptors (Lipinski definition) is 4. The van der Waals surface area contributed by atoms with E-state index in [0.717, 1.165) is 17.7 Å². The molecule has 0 aliphatic carbocycles. The lowest BCUT2D eigenvalue weighted by molar-refractivity contribution is -0.133.